The summed E-state index contributed by atoms with van der Waals surface area (Å²) in [5, 5.41) is 21.9. The predicted molar refractivity (Wildman–Crippen MR) is 91.7 cm³/mol. The number of hydrogen-bond acceptors (Lipinski definition) is 4. The molecule has 2 aromatic carbocycles. The molecule has 1 amide bonds. The maximum absolute atomic E-state index is 12.9. The van der Waals surface area contributed by atoms with E-state index in [0.29, 0.717) is 5.56 Å². The summed E-state index contributed by atoms with van der Waals surface area (Å²) in [6, 6.07) is 8.92. The molecule has 0 unspecified atom stereocenters. The van der Waals surface area contributed by atoms with E-state index in [-0.39, 0.29) is 27.0 Å². The largest absolute Gasteiger partial charge is 0.319 e. The average Bonchev–Trinajstić information content (AvgIpc) is 2.57. The molecule has 2 rings (SSSR count). The maximum atomic E-state index is 12.9. The van der Waals surface area contributed by atoms with Crippen LogP contribution in [0.2, 0.25) is 10.0 Å². The van der Waals surface area contributed by atoms with E-state index in [4.69, 9.17) is 28.5 Å². The van der Waals surface area contributed by atoms with E-state index in [1.807, 2.05) is 0 Å². The summed E-state index contributed by atoms with van der Waals surface area (Å²) < 4.78 is 12.9. The van der Waals surface area contributed by atoms with Gasteiger partial charge in [-0.2, -0.15) is 5.26 Å². The fourth-order valence-electron chi connectivity index (χ4n) is 1.84. The lowest BCUT2D eigenvalue weighted by molar-refractivity contribution is -0.384. The minimum Gasteiger partial charge on any atom is -0.319 e. The fraction of sp³-hybridized carbons (Fsp3) is 0. The quantitative estimate of drug-likeness (QED) is 0.363. The predicted octanol–water partition coefficient (Wildman–Crippen LogP) is 4.59. The van der Waals surface area contributed by atoms with E-state index in [2.05, 4.69) is 5.32 Å². The first-order valence-corrected chi connectivity index (χ1v) is 7.39. The van der Waals surface area contributed by atoms with Gasteiger partial charge in [0, 0.05) is 12.1 Å². The van der Waals surface area contributed by atoms with Crippen molar-refractivity contribution in [3.8, 4) is 6.07 Å². The zero-order chi connectivity index (χ0) is 18.6. The zero-order valence-electron chi connectivity index (χ0n) is 12.3. The van der Waals surface area contributed by atoms with Crippen LogP contribution in [-0.2, 0) is 4.79 Å². The second-order valence-corrected chi connectivity index (χ2v) is 5.53. The van der Waals surface area contributed by atoms with Gasteiger partial charge in [-0.1, -0.05) is 35.3 Å². The Morgan fingerprint density at radius 2 is 1.80 bits per heavy atom. The summed E-state index contributed by atoms with van der Waals surface area (Å²) in [4.78, 5) is 22.3. The van der Waals surface area contributed by atoms with Crippen molar-refractivity contribution in [3.63, 3.8) is 0 Å². The monoisotopic (exact) mass is 379 g/mol. The van der Waals surface area contributed by atoms with Crippen LogP contribution in [0.4, 0.5) is 15.8 Å². The Morgan fingerprint density at radius 1 is 1.24 bits per heavy atom. The lowest BCUT2D eigenvalue weighted by Gasteiger charge is -2.08. The summed E-state index contributed by atoms with van der Waals surface area (Å²) in [5.41, 5.74) is -0.236. The van der Waals surface area contributed by atoms with Crippen LogP contribution < -0.4 is 5.32 Å². The van der Waals surface area contributed by atoms with Crippen molar-refractivity contribution >= 4 is 46.6 Å². The van der Waals surface area contributed by atoms with E-state index in [9.17, 15) is 19.3 Å². The lowest BCUT2D eigenvalue weighted by Crippen LogP contribution is -2.14. The van der Waals surface area contributed by atoms with Gasteiger partial charge >= 0.3 is 0 Å². The molecule has 2 aromatic rings. The van der Waals surface area contributed by atoms with E-state index in [1.165, 1.54) is 30.3 Å². The number of nitro benzene ring substituents is 1. The van der Waals surface area contributed by atoms with Gasteiger partial charge < -0.3 is 5.32 Å². The molecule has 0 aliphatic heterocycles. The molecule has 0 atom stereocenters. The topological polar surface area (TPSA) is 96.0 Å². The van der Waals surface area contributed by atoms with E-state index >= 15 is 0 Å². The smallest absolute Gasteiger partial charge is 0.272 e. The number of amides is 1. The van der Waals surface area contributed by atoms with Crippen molar-refractivity contribution in [1.82, 2.24) is 0 Å². The first kappa shape index (κ1) is 18.4. The normalized spacial score (nSPS) is 10.9. The van der Waals surface area contributed by atoms with Crippen molar-refractivity contribution in [2.75, 3.05) is 5.32 Å². The summed E-state index contributed by atoms with van der Waals surface area (Å²) in [6.45, 7) is 0. The van der Waals surface area contributed by atoms with Gasteiger partial charge in [0.1, 0.15) is 17.5 Å². The van der Waals surface area contributed by atoms with Crippen LogP contribution in [-0.4, -0.2) is 10.8 Å². The highest BCUT2D eigenvalue weighted by Gasteiger charge is 2.18. The molecule has 0 radical (unpaired) electrons. The van der Waals surface area contributed by atoms with Crippen molar-refractivity contribution in [2.24, 2.45) is 0 Å². The second-order valence-electron chi connectivity index (χ2n) is 4.72. The third-order valence-corrected chi connectivity index (χ3v) is 3.62. The minimum atomic E-state index is -0.815. The number of benzene rings is 2. The fourth-order valence-corrected chi connectivity index (χ4v) is 2.41. The Morgan fingerprint density at radius 3 is 2.28 bits per heavy atom. The van der Waals surface area contributed by atoms with Crippen LogP contribution >= 0.6 is 23.2 Å². The molecule has 0 saturated carbocycles. The Balaban J connectivity index is 2.30. The number of carbonyl (C=O) groups is 1. The number of anilines is 1. The second kappa shape index (κ2) is 7.75. The number of hydrogen-bond donors (Lipinski definition) is 1. The number of carbonyl (C=O) groups excluding carboxylic acids is 1. The zero-order valence-corrected chi connectivity index (χ0v) is 13.8. The number of halogens is 3. The molecule has 0 aromatic heterocycles. The van der Waals surface area contributed by atoms with Crippen LogP contribution in [0, 0.1) is 27.3 Å². The van der Waals surface area contributed by atoms with Crippen molar-refractivity contribution in [3.05, 3.63) is 73.5 Å². The minimum absolute atomic E-state index is 0.0563. The lowest BCUT2D eigenvalue weighted by atomic mass is 10.1. The standard InChI is InChI=1S/C16H8Cl2FN3O3/c17-13-6-12(22(24)25)7-14(18)15(13)21-16(23)10(8-20)5-9-1-3-11(19)4-2-9/h1-7H,(H,21,23)/b10-5+. The molecule has 0 spiro atoms. The Bertz CT molecular complexity index is 898. The van der Waals surface area contributed by atoms with Gasteiger partial charge in [-0.25, -0.2) is 4.39 Å². The highest BCUT2D eigenvalue weighted by Crippen LogP contribution is 2.34. The molecule has 126 valence electrons. The summed E-state index contributed by atoms with van der Waals surface area (Å²) >= 11 is 11.8. The highest BCUT2D eigenvalue weighted by molar-refractivity contribution is 6.40. The van der Waals surface area contributed by atoms with Crippen molar-refractivity contribution < 1.29 is 14.1 Å². The molecule has 0 aliphatic rings. The first-order chi connectivity index (χ1) is 11.8. The number of nitriles is 1. The molecule has 0 bridgehead atoms. The van der Waals surface area contributed by atoms with E-state index < -0.39 is 16.6 Å². The average molecular weight is 380 g/mol. The number of nitro groups is 1. The van der Waals surface area contributed by atoms with Gasteiger partial charge in [0.05, 0.1) is 20.7 Å². The van der Waals surface area contributed by atoms with E-state index in [0.717, 1.165) is 12.1 Å². The van der Waals surface area contributed by atoms with Gasteiger partial charge in [-0.05, 0) is 23.8 Å². The molecule has 0 fully saturated rings. The summed E-state index contributed by atoms with van der Waals surface area (Å²) in [7, 11) is 0. The van der Waals surface area contributed by atoms with Crippen molar-refractivity contribution in [1.29, 1.82) is 5.26 Å². The number of nitrogens with one attached hydrogen (secondary N) is 1. The molecule has 6 nitrogen and oxygen atoms in total. The molecular weight excluding hydrogens is 372 g/mol. The third-order valence-electron chi connectivity index (χ3n) is 3.02. The molecule has 1 N–H and O–H groups in total. The Hall–Kier alpha value is -2.95. The Labute approximate surface area is 151 Å². The Kier molecular flexibility index (Phi) is 5.70. The van der Waals surface area contributed by atoms with Gasteiger partial charge in [0.25, 0.3) is 11.6 Å². The highest BCUT2D eigenvalue weighted by atomic mass is 35.5. The van der Waals surface area contributed by atoms with Crippen molar-refractivity contribution in [2.45, 2.75) is 0 Å². The van der Waals surface area contributed by atoms with Gasteiger partial charge in [0.15, 0.2) is 0 Å². The molecule has 0 saturated heterocycles. The van der Waals surface area contributed by atoms with Gasteiger partial charge in [-0.3, -0.25) is 14.9 Å². The number of non-ortho nitro benzene ring substituents is 1. The van der Waals surface area contributed by atoms with Gasteiger partial charge in [-0.15, -0.1) is 0 Å². The van der Waals surface area contributed by atoms with Crippen LogP contribution in [0.5, 0.6) is 0 Å². The van der Waals surface area contributed by atoms with Crippen LogP contribution in [0.1, 0.15) is 5.56 Å². The first-order valence-electron chi connectivity index (χ1n) is 6.64. The molecule has 0 heterocycles. The number of rotatable bonds is 4. The van der Waals surface area contributed by atoms with Crippen LogP contribution in [0.3, 0.4) is 0 Å². The summed E-state index contributed by atoms with van der Waals surface area (Å²) in [6.07, 6.45) is 1.25. The number of nitrogens with zero attached hydrogens (tertiary/aromatic N) is 2. The molecule has 0 aliphatic carbocycles. The van der Waals surface area contributed by atoms with Gasteiger partial charge in [0.2, 0.25) is 0 Å². The maximum Gasteiger partial charge on any atom is 0.272 e. The molecule has 25 heavy (non-hydrogen) atoms. The molecule has 9 heteroatoms. The summed E-state index contributed by atoms with van der Waals surface area (Å²) in [5.74, 6) is -1.27. The van der Waals surface area contributed by atoms with E-state index in [1.54, 1.807) is 6.07 Å². The third kappa shape index (κ3) is 4.53. The van der Waals surface area contributed by atoms with Crippen LogP contribution in [0.25, 0.3) is 6.08 Å². The van der Waals surface area contributed by atoms with Crippen LogP contribution in [0.15, 0.2) is 42.0 Å². The SMILES string of the molecule is N#C/C(=C\c1ccc(F)cc1)C(=O)Nc1c(Cl)cc([N+](=O)[O-])cc1Cl. The molecular formula is C16H8Cl2FN3O3.